The zero-order chi connectivity index (χ0) is 35.4. The van der Waals surface area contributed by atoms with E-state index < -0.39 is 41.6 Å². The van der Waals surface area contributed by atoms with Gasteiger partial charge in [0, 0.05) is 49.6 Å². The van der Waals surface area contributed by atoms with Gasteiger partial charge in [-0.1, -0.05) is 48.5 Å². The third-order valence-corrected chi connectivity index (χ3v) is 8.25. The average Bonchev–Trinajstić information content (AvgIpc) is 3.47. The second-order valence-corrected chi connectivity index (χ2v) is 13.4. The van der Waals surface area contributed by atoms with Crippen molar-refractivity contribution in [2.24, 2.45) is 16.5 Å². The summed E-state index contributed by atoms with van der Waals surface area (Å²) in [6.45, 7) is 6.67. The summed E-state index contributed by atoms with van der Waals surface area (Å²) in [4.78, 5) is 63.8. The molecule has 1 fully saturated rings. The van der Waals surface area contributed by atoms with Crippen LogP contribution in [0.25, 0.3) is 10.9 Å². The van der Waals surface area contributed by atoms with E-state index in [-0.39, 0.29) is 43.7 Å². The number of halogens is 1. The van der Waals surface area contributed by atoms with E-state index in [0.717, 1.165) is 41.3 Å². The number of nitrogens with two attached hydrogens (primary N) is 2. The van der Waals surface area contributed by atoms with Crippen LogP contribution in [-0.4, -0.2) is 83.0 Å². The van der Waals surface area contributed by atoms with Gasteiger partial charge in [-0.15, -0.1) is 12.4 Å². The number of ether oxygens (including phenoxy) is 1. The molecule has 2 aromatic carbocycles. The second kappa shape index (κ2) is 18.8. The molecular formula is C36H51ClN8O5. The predicted octanol–water partition coefficient (Wildman–Crippen LogP) is 3.30. The maximum atomic E-state index is 14.2. The molecule has 1 aromatic heterocycles. The van der Waals surface area contributed by atoms with E-state index in [4.69, 9.17) is 16.2 Å². The number of nitrogens with one attached hydrogen (secondary N) is 4. The molecule has 50 heavy (non-hydrogen) atoms. The number of para-hydroxylation sites is 1. The third kappa shape index (κ3) is 12.3. The van der Waals surface area contributed by atoms with Crippen molar-refractivity contribution in [1.29, 1.82) is 0 Å². The fourth-order valence-electron chi connectivity index (χ4n) is 5.88. The zero-order valence-corrected chi connectivity index (χ0v) is 29.9. The molecule has 1 aliphatic rings. The molecule has 4 amide bonds. The SMILES string of the molecule is CC(C)(C)OC(=O)N[C@@H](CCCN=C(N)N)C(=O)N[C@@H](Cc1c[nH]c2ccccc12)C(=O)N[C@@H](Cc1ccccc1)C(=O)N1CCCCC1.Cl. The van der Waals surface area contributed by atoms with Crippen molar-refractivity contribution in [3.05, 3.63) is 71.9 Å². The Hall–Kier alpha value is -4.78. The standard InChI is InChI=1S/C36H50N8O5.ClH/c1-36(2,3)49-35(48)43-28(17-12-18-39-34(37)38)31(45)41-29(22-25-23-40-27-16-9-8-15-26(25)27)32(46)42-30(21-24-13-6-4-7-14-24)33(47)44-19-10-5-11-20-44;/h4,6-9,13-16,23,28-30,40H,5,10-12,17-22H2,1-3H3,(H,41,45)(H,42,46)(H,43,48)(H4,37,38,39);1H/t28-,29-,30-;/m0./s1. The topological polar surface area (TPSA) is 197 Å². The molecule has 272 valence electrons. The number of fused-ring (bicyclic) bond motifs is 1. The number of aliphatic imine (C=N–C) groups is 1. The Labute approximate surface area is 299 Å². The Balaban J connectivity index is 0.00000676. The summed E-state index contributed by atoms with van der Waals surface area (Å²) in [5.41, 5.74) is 12.7. The lowest BCUT2D eigenvalue weighted by Crippen LogP contribution is -2.58. The van der Waals surface area contributed by atoms with Gasteiger partial charge < -0.3 is 42.0 Å². The van der Waals surface area contributed by atoms with Crippen LogP contribution in [0.4, 0.5) is 4.79 Å². The number of rotatable bonds is 14. The Morgan fingerprint density at radius 1 is 0.860 bits per heavy atom. The quantitative estimate of drug-likeness (QED) is 0.0838. The zero-order valence-electron chi connectivity index (χ0n) is 29.1. The number of amides is 4. The van der Waals surface area contributed by atoms with E-state index in [1.165, 1.54) is 0 Å². The molecule has 0 aliphatic carbocycles. The first-order chi connectivity index (χ1) is 23.4. The van der Waals surface area contributed by atoms with Gasteiger partial charge in [-0.25, -0.2) is 4.79 Å². The fraction of sp³-hybridized carbons (Fsp3) is 0.472. The molecule has 1 aliphatic heterocycles. The van der Waals surface area contributed by atoms with Gasteiger partial charge in [-0.2, -0.15) is 0 Å². The van der Waals surface area contributed by atoms with Crippen molar-refractivity contribution >= 4 is 53.1 Å². The van der Waals surface area contributed by atoms with Gasteiger partial charge >= 0.3 is 6.09 Å². The van der Waals surface area contributed by atoms with Gasteiger partial charge in [0.15, 0.2) is 5.96 Å². The number of benzene rings is 2. The van der Waals surface area contributed by atoms with Crippen LogP contribution in [0.5, 0.6) is 0 Å². The average molecular weight is 711 g/mol. The van der Waals surface area contributed by atoms with Crippen molar-refractivity contribution in [2.75, 3.05) is 19.6 Å². The molecule has 2 heterocycles. The molecule has 4 rings (SSSR count). The lowest BCUT2D eigenvalue weighted by Gasteiger charge is -2.32. The molecule has 1 saturated heterocycles. The summed E-state index contributed by atoms with van der Waals surface area (Å²) < 4.78 is 5.42. The molecular weight excluding hydrogens is 660 g/mol. The number of carbonyl (C=O) groups excluding carboxylic acids is 4. The number of H-pyrrole nitrogens is 1. The number of alkyl carbamates (subject to hydrolysis) is 1. The summed E-state index contributed by atoms with van der Waals surface area (Å²) in [5, 5.41) is 9.42. The molecule has 3 aromatic rings. The first-order valence-corrected chi connectivity index (χ1v) is 16.9. The van der Waals surface area contributed by atoms with E-state index in [0.29, 0.717) is 25.9 Å². The molecule has 8 N–H and O–H groups in total. The number of hydrogen-bond acceptors (Lipinski definition) is 6. The molecule has 3 atom stereocenters. The predicted molar refractivity (Wildman–Crippen MR) is 197 cm³/mol. The highest BCUT2D eigenvalue weighted by Gasteiger charge is 2.33. The largest absolute Gasteiger partial charge is 0.444 e. The number of hydrogen-bond donors (Lipinski definition) is 6. The van der Waals surface area contributed by atoms with Crippen LogP contribution >= 0.6 is 12.4 Å². The Morgan fingerprint density at radius 2 is 1.50 bits per heavy atom. The van der Waals surface area contributed by atoms with E-state index in [1.807, 2.05) is 65.7 Å². The van der Waals surface area contributed by atoms with Gasteiger partial charge in [0.05, 0.1) is 0 Å². The first kappa shape index (κ1) is 39.7. The van der Waals surface area contributed by atoms with Gasteiger partial charge in [0.1, 0.15) is 23.7 Å². The molecule has 0 radical (unpaired) electrons. The molecule has 0 unspecified atom stereocenters. The number of piperidine rings is 1. The summed E-state index contributed by atoms with van der Waals surface area (Å²) in [6.07, 6.45) is 4.88. The van der Waals surface area contributed by atoms with E-state index in [2.05, 4.69) is 25.9 Å². The summed E-state index contributed by atoms with van der Waals surface area (Å²) in [5.74, 6) is -1.34. The Morgan fingerprint density at radius 3 is 2.18 bits per heavy atom. The Bertz CT molecular complexity index is 1600. The van der Waals surface area contributed by atoms with Crippen LogP contribution in [-0.2, 0) is 32.0 Å². The van der Waals surface area contributed by atoms with Gasteiger partial charge in [-0.05, 0) is 70.1 Å². The minimum absolute atomic E-state index is 0. The molecule has 0 spiro atoms. The van der Waals surface area contributed by atoms with Crippen LogP contribution in [0.15, 0.2) is 65.8 Å². The number of nitrogens with zero attached hydrogens (tertiary/aromatic N) is 2. The minimum Gasteiger partial charge on any atom is -0.444 e. The van der Waals surface area contributed by atoms with Crippen molar-refractivity contribution in [1.82, 2.24) is 25.8 Å². The van der Waals surface area contributed by atoms with Crippen molar-refractivity contribution in [3.63, 3.8) is 0 Å². The number of aromatic nitrogens is 1. The number of carbonyl (C=O) groups is 4. The highest BCUT2D eigenvalue weighted by Crippen LogP contribution is 2.20. The first-order valence-electron chi connectivity index (χ1n) is 16.9. The van der Waals surface area contributed by atoms with E-state index in [9.17, 15) is 19.2 Å². The third-order valence-electron chi connectivity index (χ3n) is 8.25. The van der Waals surface area contributed by atoms with E-state index in [1.54, 1.807) is 20.8 Å². The summed E-state index contributed by atoms with van der Waals surface area (Å²) in [6, 6.07) is 14.2. The molecule has 0 saturated carbocycles. The van der Waals surface area contributed by atoms with Crippen LogP contribution in [0.2, 0.25) is 0 Å². The van der Waals surface area contributed by atoms with Gasteiger partial charge in [0.2, 0.25) is 17.7 Å². The summed E-state index contributed by atoms with van der Waals surface area (Å²) >= 11 is 0. The highest BCUT2D eigenvalue weighted by molar-refractivity contribution is 5.95. The van der Waals surface area contributed by atoms with Crippen LogP contribution < -0.4 is 27.4 Å². The van der Waals surface area contributed by atoms with Gasteiger partial charge in [0.25, 0.3) is 0 Å². The fourth-order valence-corrected chi connectivity index (χ4v) is 5.88. The molecule has 0 bridgehead atoms. The number of aromatic amines is 1. The molecule has 14 heteroatoms. The van der Waals surface area contributed by atoms with Crippen LogP contribution in [0, 0.1) is 0 Å². The molecule has 13 nitrogen and oxygen atoms in total. The van der Waals surface area contributed by atoms with Crippen molar-refractivity contribution < 1.29 is 23.9 Å². The monoisotopic (exact) mass is 710 g/mol. The van der Waals surface area contributed by atoms with Gasteiger partial charge in [-0.3, -0.25) is 19.4 Å². The van der Waals surface area contributed by atoms with Crippen LogP contribution in [0.3, 0.4) is 0 Å². The summed E-state index contributed by atoms with van der Waals surface area (Å²) in [7, 11) is 0. The number of guanidine groups is 1. The number of likely N-dealkylation sites (tertiary alicyclic amines) is 1. The highest BCUT2D eigenvalue weighted by atomic mass is 35.5. The minimum atomic E-state index is -1.08. The van der Waals surface area contributed by atoms with Crippen molar-refractivity contribution in [2.45, 2.75) is 89.4 Å². The second-order valence-electron chi connectivity index (χ2n) is 13.4. The Kier molecular flexibility index (Phi) is 14.9. The lowest BCUT2D eigenvalue weighted by molar-refractivity contribution is -0.138. The lowest BCUT2D eigenvalue weighted by atomic mass is 10.0. The van der Waals surface area contributed by atoms with E-state index >= 15 is 0 Å². The van der Waals surface area contributed by atoms with Crippen LogP contribution in [0.1, 0.15) is 64.0 Å². The maximum absolute atomic E-state index is 14.2. The smallest absolute Gasteiger partial charge is 0.408 e. The normalized spacial score (nSPS) is 14.7. The van der Waals surface area contributed by atoms with Crippen molar-refractivity contribution in [3.8, 4) is 0 Å². The maximum Gasteiger partial charge on any atom is 0.408 e.